The first-order chi connectivity index (χ1) is 10.6. The maximum atomic E-state index is 5.92. The minimum Gasteiger partial charge on any atom is -0.357 e. The predicted octanol–water partition coefficient (Wildman–Crippen LogP) is 2.90. The fraction of sp³-hybridized carbons (Fsp3) is 0.400. The summed E-state index contributed by atoms with van der Waals surface area (Å²) < 4.78 is 1.72. The van der Waals surface area contributed by atoms with Gasteiger partial charge in [-0.2, -0.15) is 5.10 Å². The quantitative estimate of drug-likeness (QED) is 0.419. The van der Waals surface area contributed by atoms with Crippen LogP contribution in [0.5, 0.6) is 0 Å². The molecule has 8 heteroatoms. The van der Waals surface area contributed by atoms with Gasteiger partial charge in [-0.3, -0.25) is 4.68 Å². The van der Waals surface area contributed by atoms with E-state index >= 15 is 0 Å². The molecule has 23 heavy (non-hydrogen) atoms. The number of hydrogen-bond donors (Lipinski definition) is 2. The average molecular weight is 449 g/mol. The van der Waals surface area contributed by atoms with E-state index in [1.54, 1.807) is 4.68 Å². The number of halogens is 2. The Bertz CT molecular complexity index is 625. The van der Waals surface area contributed by atoms with Crippen LogP contribution >= 0.6 is 35.6 Å². The molecule has 0 spiro atoms. The van der Waals surface area contributed by atoms with Gasteiger partial charge in [0.25, 0.3) is 0 Å². The zero-order valence-corrected chi connectivity index (χ0v) is 16.5. The van der Waals surface area contributed by atoms with Crippen LogP contribution in [0.15, 0.2) is 35.6 Å². The van der Waals surface area contributed by atoms with Crippen LogP contribution in [-0.2, 0) is 13.6 Å². The van der Waals surface area contributed by atoms with Gasteiger partial charge in [-0.05, 0) is 31.5 Å². The Morgan fingerprint density at radius 1 is 1.35 bits per heavy atom. The fourth-order valence-corrected chi connectivity index (χ4v) is 2.10. The van der Waals surface area contributed by atoms with E-state index < -0.39 is 0 Å². The highest BCUT2D eigenvalue weighted by Crippen LogP contribution is 2.15. The Hall–Kier alpha value is -1.35. The lowest BCUT2D eigenvalue weighted by Crippen LogP contribution is -2.38. The van der Waals surface area contributed by atoms with Crippen molar-refractivity contribution in [2.45, 2.75) is 26.4 Å². The molecule has 0 bridgehead atoms. The Morgan fingerprint density at radius 3 is 2.61 bits per heavy atom. The van der Waals surface area contributed by atoms with Crippen molar-refractivity contribution >= 4 is 41.5 Å². The summed E-state index contributed by atoms with van der Waals surface area (Å²) >= 11 is 5.92. The number of rotatable bonds is 5. The van der Waals surface area contributed by atoms with Gasteiger partial charge in [0, 0.05) is 18.6 Å². The second-order valence-electron chi connectivity index (χ2n) is 4.91. The molecule has 1 aromatic heterocycles. The SMILES string of the molecule is CCNC(=NCc1ncnn1C)NC(C)c1ccc(Cl)cc1.I. The van der Waals surface area contributed by atoms with E-state index in [1.165, 1.54) is 6.33 Å². The van der Waals surface area contributed by atoms with Crippen molar-refractivity contribution in [1.82, 2.24) is 25.4 Å². The van der Waals surface area contributed by atoms with Crippen LogP contribution in [0.25, 0.3) is 0 Å². The number of nitrogens with zero attached hydrogens (tertiary/aromatic N) is 4. The molecule has 126 valence electrons. The molecular formula is C15H22ClIN6. The Morgan fingerprint density at radius 2 is 2.04 bits per heavy atom. The molecule has 6 nitrogen and oxygen atoms in total. The largest absolute Gasteiger partial charge is 0.357 e. The summed E-state index contributed by atoms with van der Waals surface area (Å²) in [6.07, 6.45) is 1.53. The molecule has 1 unspecified atom stereocenters. The van der Waals surface area contributed by atoms with Gasteiger partial charge in [-0.25, -0.2) is 9.98 Å². The van der Waals surface area contributed by atoms with E-state index in [9.17, 15) is 0 Å². The maximum Gasteiger partial charge on any atom is 0.192 e. The van der Waals surface area contributed by atoms with E-state index in [-0.39, 0.29) is 30.0 Å². The lowest BCUT2D eigenvalue weighted by Gasteiger charge is -2.18. The Balaban J connectivity index is 0.00000264. The number of hydrogen-bond acceptors (Lipinski definition) is 3. The molecule has 0 saturated carbocycles. The molecule has 0 radical (unpaired) electrons. The van der Waals surface area contributed by atoms with E-state index in [0.29, 0.717) is 6.54 Å². The summed E-state index contributed by atoms with van der Waals surface area (Å²) in [6, 6.07) is 7.91. The summed E-state index contributed by atoms with van der Waals surface area (Å²) in [5, 5.41) is 11.4. The van der Waals surface area contributed by atoms with Crippen LogP contribution in [0.4, 0.5) is 0 Å². The van der Waals surface area contributed by atoms with Crippen LogP contribution in [-0.4, -0.2) is 27.3 Å². The lowest BCUT2D eigenvalue weighted by atomic mass is 10.1. The second-order valence-corrected chi connectivity index (χ2v) is 5.35. The highest BCUT2D eigenvalue weighted by Gasteiger charge is 2.08. The fourth-order valence-electron chi connectivity index (χ4n) is 1.97. The topological polar surface area (TPSA) is 67.1 Å². The van der Waals surface area contributed by atoms with Gasteiger partial charge in [0.2, 0.25) is 0 Å². The smallest absolute Gasteiger partial charge is 0.192 e. The number of aliphatic imine (C=N–C) groups is 1. The number of aromatic nitrogens is 3. The molecule has 0 amide bonds. The van der Waals surface area contributed by atoms with Crippen molar-refractivity contribution < 1.29 is 0 Å². The third-order valence-electron chi connectivity index (χ3n) is 3.25. The third-order valence-corrected chi connectivity index (χ3v) is 3.50. The Labute approximate surface area is 158 Å². The molecule has 2 rings (SSSR count). The van der Waals surface area contributed by atoms with E-state index in [0.717, 1.165) is 28.9 Å². The van der Waals surface area contributed by atoms with Crippen LogP contribution in [0.2, 0.25) is 5.02 Å². The highest BCUT2D eigenvalue weighted by molar-refractivity contribution is 14.0. The lowest BCUT2D eigenvalue weighted by molar-refractivity contribution is 0.672. The molecular weight excluding hydrogens is 427 g/mol. The van der Waals surface area contributed by atoms with Crippen LogP contribution in [0.1, 0.15) is 31.3 Å². The first kappa shape index (κ1) is 19.7. The van der Waals surface area contributed by atoms with E-state index in [4.69, 9.17) is 11.6 Å². The molecule has 1 atom stereocenters. The molecule has 2 N–H and O–H groups in total. The number of guanidine groups is 1. The minimum absolute atomic E-state index is 0. The average Bonchev–Trinajstić information content (AvgIpc) is 2.91. The zero-order chi connectivity index (χ0) is 15.9. The van der Waals surface area contributed by atoms with Gasteiger partial charge >= 0.3 is 0 Å². The molecule has 0 aliphatic carbocycles. The monoisotopic (exact) mass is 448 g/mol. The van der Waals surface area contributed by atoms with Crippen molar-refractivity contribution in [3.8, 4) is 0 Å². The predicted molar refractivity (Wildman–Crippen MR) is 104 cm³/mol. The molecule has 1 aromatic carbocycles. The van der Waals surface area contributed by atoms with Gasteiger partial charge in [-0.15, -0.1) is 24.0 Å². The van der Waals surface area contributed by atoms with Crippen molar-refractivity contribution in [3.63, 3.8) is 0 Å². The van der Waals surface area contributed by atoms with Gasteiger partial charge in [0.05, 0.1) is 6.04 Å². The van der Waals surface area contributed by atoms with Gasteiger partial charge in [0.15, 0.2) is 5.96 Å². The summed E-state index contributed by atoms with van der Waals surface area (Å²) in [7, 11) is 1.86. The van der Waals surface area contributed by atoms with Crippen LogP contribution < -0.4 is 10.6 Å². The zero-order valence-electron chi connectivity index (χ0n) is 13.5. The van der Waals surface area contributed by atoms with Crippen molar-refractivity contribution in [2.24, 2.45) is 12.0 Å². The molecule has 0 fully saturated rings. The standard InChI is InChI=1S/C15H21ClN6.HI/c1-4-17-15(18-9-14-19-10-20-22(14)3)21-11(2)12-5-7-13(16)8-6-12;/h5-8,10-11H,4,9H2,1-3H3,(H2,17,18,21);1H. The molecule has 0 saturated heterocycles. The summed E-state index contributed by atoms with van der Waals surface area (Å²) in [5.74, 6) is 1.56. The van der Waals surface area contributed by atoms with Crippen LogP contribution in [0.3, 0.4) is 0 Å². The number of aryl methyl sites for hydroxylation is 1. The van der Waals surface area contributed by atoms with Gasteiger partial charge in [0.1, 0.15) is 18.7 Å². The summed E-state index contributed by atoms with van der Waals surface area (Å²) in [6.45, 7) is 5.38. The first-order valence-corrected chi connectivity index (χ1v) is 7.61. The molecule has 1 heterocycles. The third kappa shape index (κ3) is 5.98. The van der Waals surface area contributed by atoms with E-state index in [2.05, 4.69) is 32.6 Å². The Kier molecular flexibility index (Phi) is 8.32. The minimum atomic E-state index is 0. The summed E-state index contributed by atoms with van der Waals surface area (Å²) in [4.78, 5) is 8.71. The first-order valence-electron chi connectivity index (χ1n) is 7.23. The normalized spacial score (nSPS) is 12.4. The number of nitrogens with one attached hydrogen (secondary N) is 2. The van der Waals surface area contributed by atoms with Crippen molar-refractivity contribution in [2.75, 3.05) is 6.54 Å². The van der Waals surface area contributed by atoms with Gasteiger partial charge < -0.3 is 10.6 Å². The van der Waals surface area contributed by atoms with Gasteiger partial charge in [-0.1, -0.05) is 23.7 Å². The maximum absolute atomic E-state index is 5.92. The highest BCUT2D eigenvalue weighted by atomic mass is 127. The number of benzene rings is 1. The van der Waals surface area contributed by atoms with E-state index in [1.807, 2.05) is 38.2 Å². The molecule has 2 aromatic rings. The molecule has 0 aliphatic heterocycles. The molecule has 0 aliphatic rings. The van der Waals surface area contributed by atoms with Crippen molar-refractivity contribution in [1.29, 1.82) is 0 Å². The summed E-state index contributed by atoms with van der Waals surface area (Å²) in [5.41, 5.74) is 1.15. The van der Waals surface area contributed by atoms with Crippen LogP contribution in [0, 0.1) is 0 Å². The van der Waals surface area contributed by atoms with Crippen molar-refractivity contribution in [3.05, 3.63) is 47.0 Å². The second kappa shape index (κ2) is 9.71.